The maximum Gasteiger partial charge on any atom is 0.345 e. The van der Waals surface area contributed by atoms with Gasteiger partial charge >= 0.3 is 5.97 Å². The zero-order chi connectivity index (χ0) is 13.1. The number of carbonyl (C=O) groups excluding carboxylic acids is 1. The first-order valence-corrected chi connectivity index (χ1v) is 5.04. The largest absolute Gasteiger partial charge is 0.465 e. The van der Waals surface area contributed by atoms with Crippen LogP contribution in [0.5, 0.6) is 0 Å². The summed E-state index contributed by atoms with van der Waals surface area (Å²) >= 11 is 0. The molecule has 0 unspecified atom stereocenters. The van der Waals surface area contributed by atoms with E-state index < -0.39 is 10.9 Å². The zero-order valence-corrected chi connectivity index (χ0v) is 9.45. The normalized spacial score (nSPS) is 10.1. The van der Waals surface area contributed by atoms with E-state index in [1.165, 1.54) is 25.5 Å². The van der Waals surface area contributed by atoms with Crippen LogP contribution in [0.1, 0.15) is 10.4 Å². The van der Waals surface area contributed by atoms with Gasteiger partial charge in [0.1, 0.15) is 11.3 Å². The highest BCUT2D eigenvalue weighted by atomic mass is 16.6. The molecule has 0 radical (unpaired) electrons. The Hall–Kier alpha value is -2.63. The highest BCUT2D eigenvalue weighted by Gasteiger charge is 2.26. The van der Waals surface area contributed by atoms with E-state index in [0.717, 1.165) is 0 Å². The minimum Gasteiger partial charge on any atom is -0.465 e. The molecule has 0 amide bonds. The summed E-state index contributed by atoms with van der Waals surface area (Å²) in [5, 5.41) is 10.9. The van der Waals surface area contributed by atoms with Gasteiger partial charge in [0.2, 0.25) is 0 Å². The number of nitro groups is 1. The molecule has 0 aliphatic rings. The maximum absolute atomic E-state index is 11.7. The van der Waals surface area contributed by atoms with Crippen molar-refractivity contribution in [3.8, 4) is 11.3 Å². The molecular weight excluding hydrogens is 238 g/mol. The van der Waals surface area contributed by atoms with Crippen LogP contribution in [0.2, 0.25) is 0 Å². The topological polar surface area (TPSA) is 82.6 Å². The second kappa shape index (κ2) is 4.70. The molecule has 0 fully saturated rings. The van der Waals surface area contributed by atoms with Gasteiger partial charge in [-0.15, -0.1) is 0 Å². The van der Waals surface area contributed by atoms with E-state index >= 15 is 0 Å². The minimum atomic E-state index is -0.770. The number of hydrogen-bond acceptors (Lipinski definition) is 5. The molecule has 2 rings (SSSR count). The summed E-state index contributed by atoms with van der Waals surface area (Å²) in [5.74, 6) is -0.396. The van der Waals surface area contributed by atoms with Gasteiger partial charge in [-0.2, -0.15) is 0 Å². The van der Waals surface area contributed by atoms with Crippen LogP contribution in [-0.4, -0.2) is 18.0 Å². The second-order valence-corrected chi connectivity index (χ2v) is 3.43. The smallest absolute Gasteiger partial charge is 0.345 e. The van der Waals surface area contributed by atoms with E-state index in [1.807, 2.05) is 0 Å². The van der Waals surface area contributed by atoms with Gasteiger partial charge < -0.3 is 9.15 Å². The number of rotatable bonds is 3. The van der Waals surface area contributed by atoms with E-state index in [2.05, 4.69) is 4.74 Å². The third kappa shape index (κ3) is 1.95. The van der Waals surface area contributed by atoms with Crippen molar-refractivity contribution in [2.45, 2.75) is 0 Å². The van der Waals surface area contributed by atoms with Crippen LogP contribution in [0.15, 0.2) is 41.0 Å². The molecule has 0 N–H and O–H groups in total. The van der Waals surface area contributed by atoms with Gasteiger partial charge in [0.25, 0.3) is 5.69 Å². The van der Waals surface area contributed by atoms with E-state index in [0.29, 0.717) is 11.3 Å². The van der Waals surface area contributed by atoms with Crippen molar-refractivity contribution < 1.29 is 18.9 Å². The van der Waals surface area contributed by atoms with E-state index in [1.54, 1.807) is 18.2 Å². The first-order valence-electron chi connectivity index (χ1n) is 5.04. The molecule has 0 spiro atoms. The quantitative estimate of drug-likeness (QED) is 0.473. The first-order chi connectivity index (χ1) is 8.65. The number of carbonyl (C=O) groups is 1. The number of esters is 1. The Morgan fingerprint density at radius 3 is 2.67 bits per heavy atom. The number of furan rings is 1. The Morgan fingerprint density at radius 2 is 2.11 bits per heavy atom. The summed E-state index contributed by atoms with van der Waals surface area (Å²) in [6.07, 6.45) is 1.43. The van der Waals surface area contributed by atoms with Crippen LogP contribution < -0.4 is 0 Å². The number of methoxy groups -OCH3 is 1. The molecule has 6 nitrogen and oxygen atoms in total. The van der Waals surface area contributed by atoms with Crippen LogP contribution in [0.25, 0.3) is 11.3 Å². The zero-order valence-electron chi connectivity index (χ0n) is 9.45. The van der Waals surface area contributed by atoms with Crippen LogP contribution in [0.3, 0.4) is 0 Å². The fourth-order valence-electron chi connectivity index (χ4n) is 1.65. The van der Waals surface area contributed by atoms with Gasteiger partial charge in [-0.25, -0.2) is 4.79 Å². The fraction of sp³-hybridized carbons (Fsp3) is 0.0833. The Labute approximate surface area is 102 Å². The van der Waals surface area contributed by atoms with Crippen molar-refractivity contribution >= 4 is 11.7 Å². The average Bonchev–Trinajstić information content (AvgIpc) is 2.90. The van der Waals surface area contributed by atoms with Crippen molar-refractivity contribution in [3.63, 3.8) is 0 Å². The lowest BCUT2D eigenvalue weighted by Crippen LogP contribution is -2.07. The van der Waals surface area contributed by atoms with Gasteiger partial charge in [0, 0.05) is 11.6 Å². The minimum absolute atomic E-state index is 0.111. The number of benzene rings is 1. The van der Waals surface area contributed by atoms with Crippen molar-refractivity contribution in [1.82, 2.24) is 0 Å². The number of ether oxygens (including phenoxy) is 1. The van der Waals surface area contributed by atoms with Crippen molar-refractivity contribution in [1.29, 1.82) is 0 Å². The molecule has 92 valence electrons. The van der Waals surface area contributed by atoms with Gasteiger partial charge in [0.05, 0.1) is 18.3 Å². The van der Waals surface area contributed by atoms with E-state index in [-0.39, 0.29) is 11.3 Å². The molecule has 18 heavy (non-hydrogen) atoms. The van der Waals surface area contributed by atoms with Crippen LogP contribution >= 0.6 is 0 Å². The average molecular weight is 247 g/mol. The monoisotopic (exact) mass is 247 g/mol. The van der Waals surface area contributed by atoms with Crippen LogP contribution in [-0.2, 0) is 4.74 Å². The lowest BCUT2D eigenvalue weighted by molar-refractivity contribution is -0.385. The summed E-state index contributed by atoms with van der Waals surface area (Å²) in [6, 6.07) is 7.56. The Morgan fingerprint density at radius 1 is 1.33 bits per heavy atom. The summed E-state index contributed by atoms with van der Waals surface area (Å²) in [5.41, 5.74) is -0.0863. The third-order valence-electron chi connectivity index (χ3n) is 2.42. The molecule has 0 bridgehead atoms. The molecule has 1 heterocycles. The molecule has 1 aromatic heterocycles. The lowest BCUT2D eigenvalue weighted by Gasteiger charge is -2.06. The Bertz CT molecular complexity index is 589. The van der Waals surface area contributed by atoms with Gasteiger partial charge in [-0.3, -0.25) is 10.1 Å². The number of nitrogens with zero attached hydrogens (tertiary/aromatic N) is 1. The highest BCUT2D eigenvalue weighted by Crippen LogP contribution is 2.31. The second-order valence-electron chi connectivity index (χ2n) is 3.43. The number of hydrogen-bond donors (Lipinski definition) is 0. The molecule has 0 aliphatic heterocycles. The van der Waals surface area contributed by atoms with Crippen molar-refractivity contribution in [2.24, 2.45) is 0 Å². The Kier molecular flexibility index (Phi) is 3.09. The number of nitro benzene ring substituents is 1. The highest BCUT2D eigenvalue weighted by molar-refractivity contribution is 6.00. The summed E-state index contributed by atoms with van der Waals surface area (Å²) in [6.45, 7) is 0. The molecule has 2 aromatic rings. The fourth-order valence-corrected chi connectivity index (χ4v) is 1.65. The predicted octanol–water partition coefficient (Wildman–Crippen LogP) is 2.64. The molecular formula is C12H9NO5. The summed E-state index contributed by atoms with van der Waals surface area (Å²) in [7, 11) is 1.17. The molecule has 0 atom stereocenters. The van der Waals surface area contributed by atoms with Gasteiger partial charge in [0.15, 0.2) is 0 Å². The van der Waals surface area contributed by atoms with Gasteiger partial charge in [-0.1, -0.05) is 6.07 Å². The van der Waals surface area contributed by atoms with E-state index in [9.17, 15) is 14.9 Å². The predicted molar refractivity (Wildman–Crippen MR) is 62.1 cm³/mol. The molecule has 1 aromatic carbocycles. The SMILES string of the molecule is COC(=O)c1c(-c2ccco2)cccc1[N+](=O)[O-]. The standard InChI is InChI=1S/C12H9NO5/c1-17-12(14)11-8(10-6-3-7-18-10)4-2-5-9(11)13(15)16/h2-7H,1H3. The first kappa shape index (κ1) is 11.8. The summed E-state index contributed by atoms with van der Waals surface area (Å²) < 4.78 is 9.74. The lowest BCUT2D eigenvalue weighted by atomic mass is 10.0. The summed E-state index contributed by atoms with van der Waals surface area (Å²) in [4.78, 5) is 22.0. The van der Waals surface area contributed by atoms with Crippen LogP contribution in [0.4, 0.5) is 5.69 Å². The maximum atomic E-state index is 11.7. The molecule has 0 saturated heterocycles. The Balaban J connectivity index is 2.70. The molecule has 6 heteroatoms. The van der Waals surface area contributed by atoms with Crippen LogP contribution in [0, 0.1) is 10.1 Å². The molecule has 0 aliphatic carbocycles. The molecule has 0 saturated carbocycles. The third-order valence-corrected chi connectivity index (χ3v) is 2.42. The van der Waals surface area contributed by atoms with Gasteiger partial charge in [-0.05, 0) is 18.2 Å². The van der Waals surface area contributed by atoms with Crippen molar-refractivity contribution in [3.05, 3.63) is 52.3 Å². The van der Waals surface area contributed by atoms with Crippen molar-refractivity contribution in [2.75, 3.05) is 7.11 Å². The van der Waals surface area contributed by atoms with E-state index in [4.69, 9.17) is 4.42 Å².